The summed E-state index contributed by atoms with van der Waals surface area (Å²) in [5.41, 5.74) is 1.44. The Morgan fingerprint density at radius 3 is 2.86 bits per heavy atom. The predicted molar refractivity (Wildman–Crippen MR) is 60.9 cm³/mol. The Morgan fingerprint density at radius 1 is 1.57 bits per heavy atom. The standard InChI is InChI=1S/C12H18OS/c1-4-10-12(13-10)9(3)7-11-8(2)5-6-14-11/h5-6,9-10,12H,4,7H2,1-3H3. The van der Waals surface area contributed by atoms with E-state index in [0.717, 1.165) is 0 Å². The number of hydrogen-bond donors (Lipinski definition) is 0. The zero-order chi connectivity index (χ0) is 10.1. The lowest BCUT2D eigenvalue weighted by Gasteiger charge is -2.07. The third-order valence-electron chi connectivity index (χ3n) is 3.06. The molecule has 0 spiro atoms. The van der Waals surface area contributed by atoms with Crippen LogP contribution in [-0.4, -0.2) is 12.2 Å². The van der Waals surface area contributed by atoms with E-state index in [1.54, 1.807) is 0 Å². The first-order valence-electron chi connectivity index (χ1n) is 5.40. The molecule has 78 valence electrons. The molecule has 2 rings (SSSR count). The molecule has 1 saturated heterocycles. The topological polar surface area (TPSA) is 12.5 Å². The van der Waals surface area contributed by atoms with Crippen LogP contribution < -0.4 is 0 Å². The van der Waals surface area contributed by atoms with Crippen LogP contribution in [0.5, 0.6) is 0 Å². The quantitative estimate of drug-likeness (QED) is 0.694. The van der Waals surface area contributed by atoms with Crippen LogP contribution in [0, 0.1) is 12.8 Å². The minimum Gasteiger partial charge on any atom is -0.369 e. The van der Waals surface area contributed by atoms with Gasteiger partial charge in [-0.05, 0) is 42.7 Å². The van der Waals surface area contributed by atoms with E-state index in [0.29, 0.717) is 18.1 Å². The van der Waals surface area contributed by atoms with Crippen LogP contribution in [0.15, 0.2) is 11.4 Å². The van der Waals surface area contributed by atoms with Gasteiger partial charge in [0.25, 0.3) is 0 Å². The zero-order valence-corrected chi connectivity index (χ0v) is 9.93. The number of ether oxygens (including phenoxy) is 1. The largest absolute Gasteiger partial charge is 0.369 e. The van der Waals surface area contributed by atoms with E-state index in [1.165, 1.54) is 23.3 Å². The lowest BCUT2D eigenvalue weighted by molar-refractivity contribution is 0.323. The molecule has 2 heterocycles. The lowest BCUT2D eigenvalue weighted by Crippen LogP contribution is -2.09. The molecule has 1 aliphatic rings. The molecule has 1 fully saturated rings. The van der Waals surface area contributed by atoms with Gasteiger partial charge in [0.05, 0.1) is 12.2 Å². The third-order valence-corrected chi connectivity index (χ3v) is 4.11. The molecule has 0 aliphatic carbocycles. The van der Waals surface area contributed by atoms with Crippen molar-refractivity contribution in [3.63, 3.8) is 0 Å². The Balaban J connectivity index is 1.89. The number of rotatable bonds is 4. The molecule has 1 aromatic rings. The molecular weight excluding hydrogens is 192 g/mol. The Hall–Kier alpha value is -0.340. The van der Waals surface area contributed by atoms with Crippen LogP contribution in [0.3, 0.4) is 0 Å². The van der Waals surface area contributed by atoms with Crippen LogP contribution in [0.25, 0.3) is 0 Å². The monoisotopic (exact) mass is 210 g/mol. The molecule has 3 atom stereocenters. The molecule has 0 bridgehead atoms. The average molecular weight is 210 g/mol. The molecule has 14 heavy (non-hydrogen) atoms. The van der Waals surface area contributed by atoms with Gasteiger partial charge in [-0.3, -0.25) is 0 Å². The summed E-state index contributed by atoms with van der Waals surface area (Å²) in [7, 11) is 0. The molecule has 1 aliphatic heterocycles. The van der Waals surface area contributed by atoms with Crippen LogP contribution >= 0.6 is 11.3 Å². The molecule has 0 amide bonds. The van der Waals surface area contributed by atoms with Crippen LogP contribution in [0.4, 0.5) is 0 Å². The maximum absolute atomic E-state index is 5.62. The van der Waals surface area contributed by atoms with Gasteiger partial charge < -0.3 is 4.74 Å². The number of hydrogen-bond acceptors (Lipinski definition) is 2. The first-order chi connectivity index (χ1) is 6.72. The fourth-order valence-electron chi connectivity index (χ4n) is 2.01. The minimum absolute atomic E-state index is 0.529. The number of aryl methyl sites for hydroxylation is 1. The van der Waals surface area contributed by atoms with Crippen LogP contribution in [0.1, 0.15) is 30.7 Å². The van der Waals surface area contributed by atoms with Crippen LogP contribution in [-0.2, 0) is 11.2 Å². The second-order valence-corrected chi connectivity index (χ2v) is 5.26. The molecule has 0 N–H and O–H groups in total. The molecule has 1 nitrogen and oxygen atoms in total. The SMILES string of the molecule is CCC1OC1C(C)Cc1sccc1C. The molecule has 2 heteroatoms. The highest BCUT2D eigenvalue weighted by Gasteiger charge is 2.41. The molecule has 0 saturated carbocycles. The van der Waals surface area contributed by atoms with Gasteiger partial charge in [0.15, 0.2) is 0 Å². The highest BCUT2D eigenvalue weighted by molar-refractivity contribution is 7.10. The molecular formula is C12H18OS. The predicted octanol–water partition coefficient (Wildman–Crippen LogP) is 3.41. The summed E-state index contributed by atoms with van der Waals surface area (Å²) in [6.45, 7) is 6.71. The summed E-state index contributed by atoms with van der Waals surface area (Å²) < 4.78 is 5.62. The molecule has 3 unspecified atom stereocenters. The van der Waals surface area contributed by atoms with E-state index >= 15 is 0 Å². The smallest absolute Gasteiger partial charge is 0.0870 e. The van der Waals surface area contributed by atoms with E-state index in [4.69, 9.17) is 4.74 Å². The highest BCUT2D eigenvalue weighted by Crippen LogP contribution is 2.34. The fraction of sp³-hybridized carbons (Fsp3) is 0.667. The van der Waals surface area contributed by atoms with Gasteiger partial charge in [0.2, 0.25) is 0 Å². The summed E-state index contributed by atoms with van der Waals surface area (Å²) in [4.78, 5) is 1.53. The summed E-state index contributed by atoms with van der Waals surface area (Å²) in [6.07, 6.45) is 3.43. The van der Waals surface area contributed by atoms with Gasteiger partial charge in [-0.15, -0.1) is 11.3 Å². The zero-order valence-electron chi connectivity index (χ0n) is 9.12. The van der Waals surface area contributed by atoms with E-state index in [2.05, 4.69) is 32.2 Å². The summed E-state index contributed by atoms with van der Waals surface area (Å²) in [5.74, 6) is 0.678. The van der Waals surface area contributed by atoms with Gasteiger partial charge in [-0.25, -0.2) is 0 Å². The van der Waals surface area contributed by atoms with E-state index in [1.807, 2.05) is 11.3 Å². The minimum atomic E-state index is 0.529. The molecule has 0 radical (unpaired) electrons. The van der Waals surface area contributed by atoms with Gasteiger partial charge in [0, 0.05) is 4.88 Å². The summed E-state index contributed by atoms with van der Waals surface area (Å²) in [6, 6.07) is 2.21. The van der Waals surface area contributed by atoms with Gasteiger partial charge in [-0.2, -0.15) is 0 Å². The Morgan fingerprint density at radius 2 is 2.36 bits per heavy atom. The normalized spacial score (nSPS) is 27.6. The van der Waals surface area contributed by atoms with Crippen molar-refractivity contribution in [3.8, 4) is 0 Å². The Labute approximate surface area is 90.1 Å². The summed E-state index contributed by atoms with van der Waals surface area (Å²) in [5, 5.41) is 2.18. The van der Waals surface area contributed by atoms with Crippen LogP contribution in [0.2, 0.25) is 0 Å². The second-order valence-electron chi connectivity index (χ2n) is 4.26. The summed E-state index contributed by atoms with van der Waals surface area (Å²) >= 11 is 1.88. The van der Waals surface area contributed by atoms with Gasteiger partial charge in [-0.1, -0.05) is 13.8 Å². The van der Waals surface area contributed by atoms with E-state index in [9.17, 15) is 0 Å². The number of thiophene rings is 1. The van der Waals surface area contributed by atoms with E-state index < -0.39 is 0 Å². The van der Waals surface area contributed by atoms with Crippen molar-refractivity contribution in [2.24, 2.45) is 5.92 Å². The first-order valence-corrected chi connectivity index (χ1v) is 6.28. The Bertz CT molecular complexity index is 305. The third kappa shape index (κ3) is 2.01. The van der Waals surface area contributed by atoms with Crippen molar-refractivity contribution in [2.75, 3.05) is 0 Å². The second kappa shape index (κ2) is 4.03. The molecule has 0 aromatic carbocycles. The van der Waals surface area contributed by atoms with Gasteiger partial charge in [0.1, 0.15) is 0 Å². The number of epoxide rings is 1. The Kier molecular flexibility index (Phi) is 2.93. The van der Waals surface area contributed by atoms with E-state index in [-0.39, 0.29) is 0 Å². The van der Waals surface area contributed by atoms with Gasteiger partial charge >= 0.3 is 0 Å². The van der Waals surface area contributed by atoms with Crippen molar-refractivity contribution < 1.29 is 4.74 Å². The molecule has 1 aromatic heterocycles. The first kappa shape index (κ1) is 10.2. The van der Waals surface area contributed by atoms with Crippen molar-refractivity contribution >= 4 is 11.3 Å². The average Bonchev–Trinajstić information content (AvgIpc) is 2.87. The fourth-order valence-corrected chi connectivity index (χ4v) is 3.06. The maximum Gasteiger partial charge on any atom is 0.0870 e. The van der Waals surface area contributed by atoms with Crippen molar-refractivity contribution in [3.05, 3.63) is 21.9 Å². The lowest BCUT2D eigenvalue weighted by atomic mass is 9.99. The van der Waals surface area contributed by atoms with Crippen molar-refractivity contribution in [1.82, 2.24) is 0 Å². The maximum atomic E-state index is 5.62. The van der Waals surface area contributed by atoms with Crippen molar-refractivity contribution in [1.29, 1.82) is 0 Å². The highest BCUT2D eigenvalue weighted by atomic mass is 32.1. The van der Waals surface area contributed by atoms with Crippen molar-refractivity contribution in [2.45, 2.75) is 45.8 Å².